The zero-order valence-electron chi connectivity index (χ0n) is 9.85. The highest BCUT2D eigenvalue weighted by Crippen LogP contribution is 2.11. The van der Waals surface area contributed by atoms with Crippen molar-refractivity contribution in [3.63, 3.8) is 0 Å². The van der Waals surface area contributed by atoms with E-state index in [1.165, 1.54) is 0 Å². The van der Waals surface area contributed by atoms with Gasteiger partial charge in [0.05, 0.1) is 12.6 Å². The molecule has 1 aromatic rings. The lowest BCUT2D eigenvalue weighted by Crippen LogP contribution is -2.33. The minimum Gasteiger partial charge on any atom is -0.406 e. The van der Waals surface area contributed by atoms with Crippen molar-refractivity contribution in [2.45, 2.75) is 25.8 Å². The van der Waals surface area contributed by atoms with Crippen LogP contribution in [0.1, 0.15) is 31.7 Å². The van der Waals surface area contributed by atoms with Crippen molar-refractivity contribution >= 4 is 11.9 Å². The zero-order chi connectivity index (χ0) is 12.3. The molecule has 0 bridgehead atoms. The molecule has 0 aliphatic carbocycles. The van der Waals surface area contributed by atoms with Gasteiger partial charge in [-0.25, -0.2) is 0 Å². The lowest BCUT2D eigenvalue weighted by molar-refractivity contribution is -0.128. The predicted octanol–water partition coefficient (Wildman–Crippen LogP) is 0.124. The molecule has 7 heteroatoms. The average Bonchev–Trinajstić information content (AvgIpc) is 2.97. The number of rotatable bonds is 4. The lowest BCUT2D eigenvalue weighted by atomic mass is 10.4. The van der Waals surface area contributed by atoms with Crippen molar-refractivity contribution in [1.82, 2.24) is 15.1 Å². The van der Waals surface area contributed by atoms with Gasteiger partial charge in [-0.15, -0.1) is 5.10 Å². The van der Waals surface area contributed by atoms with Gasteiger partial charge in [0.1, 0.15) is 0 Å². The van der Waals surface area contributed by atoms with E-state index in [9.17, 15) is 4.79 Å². The van der Waals surface area contributed by atoms with Crippen LogP contribution in [0.15, 0.2) is 4.42 Å². The number of aromatic nitrogens is 2. The van der Waals surface area contributed by atoms with E-state index in [2.05, 4.69) is 15.5 Å². The molecule has 2 rings (SSSR count). The van der Waals surface area contributed by atoms with Crippen LogP contribution in [0.5, 0.6) is 0 Å². The van der Waals surface area contributed by atoms with Gasteiger partial charge in [0.15, 0.2) is 0 Å². The summed E-state index contributed by atoms with van der Waals surface area (Å²) >= 11 is 0. The molecule has 2 heterocycles. The Bertz CT molecular complexity index is 384. The summed E-state index contributed by atoms with van der Waals surface area (Å²) in [5.41, 5.74) is 5.58. The summed E-state index contributed by atoms with van der Waals surface area (Å²) in [6.07, 6.45) is 2.17. The smallest absolute Gasteiger partial charge is 0.315 e. The highest BCUT2D eigenvalue weighted by atomic mass is 16.4. The number of likely N-dealkylation sites (tertiary alicyclic amines) is 1. The van der Waals surface area contributed by atoms with Crippen LogP contribution >= 0.6 is 0 Å². The van der Waals surface area contributed by atoms with Gasteiger partial charge in [-0.2, -0.15) is 0 Å². The summed E-state index contributed by atoms with van der Waals surface area (Å²) in [4.78, 5) is 13.5. The second-order valence-electron chi connectivity index (χ2n) is 4.18. The number of hydrogen-bond donors (Lipinski definition) is 2. The van der Waals surface area contributed by atoms with Crippen molar-refractivity contribution < 1.29 is 9.21 Å². The van der Waals surface area contributed by atoms with Crippen molar-refractivity contribution in [2.24, 2.45) is 5.73 Å². The standard InChI is InChI=1S/C10H17N5O2/c1-7(11)9-13-14-10(17-9)12-6-8(16)15-4-2-3-5-15/h7H,2-6,11H2,1H3,(H,12,14). The quantitative estimate of drug-likeness (QED) is 0.774. The first kappa shape index (κ1) is 11.8. The van der Waals surface area contributed by atoms with Gasteiger partial charge in [-0.3, -0.25) is 4.79 Å². The Morgan fingerprint density at radius 2 is 2.24 bits per heavy atom. The molecule has 3 N–H and O–H groups in total. The highest BCUT2D eigenvalue weighted by molar-refractivity contribution is 5.80. The molecule has 1 aromatic heterocycles. The third-order valence-electron chi connectivity index (χ3n) is 2.68. The summed E-state index contributed by atoms with van der Waals surface area (Å²) < 4.78 is 5.23. The predicted molar refractivity (Wildman–Crippen MR) is 61.2 cm³/mol. The summed E-state index contributed by atoms with van der Waals surface area (Å²) in [6.45, 7) is 3.62. The normalized spacial score (nSPS) is 17.2. The molecule has 0 aromatic carbocycles. The van der Waals surface area contributed by atoms with E-state index >= 15 is 0 Å². The third kappa shape index (κ3) is 2.94. The van der Waals surface area contributed by atoms with Crippen molar-refractivity contribution in [2.75, 3.05) is 25.0 Å². The van der Waals surface area contributed by atoms with Gasteiger partial charge in [-0.1, -0.05) is 5.10 Å². The summed E-state index contributed by atoms with van der Waals surface area (Å²) in [6, 6.07) is -0.0582. The Hall–Kier alpha value is -1.63. The molecule has 7 nitrogen and oxygen atoms in total. The van der Waals surface area contributed by atoms with Crippen molar-refractivity contribution in [1.29, 1.82) is 0 Å². The number of amides is 1. The highest BCUT2D eigenvalue weighted by Gasteiger charge is 2.18. The molecule has 1 amide bonds. The topological polar surface area (TPSA) is 97.3 Å². The fourth-order valence-corrected chi connectivity index (χ4v) is 1.72. The molecule has 0 saturated carbocycles. The van der Waals surface area contributed by atoms with Gasteiger partial charge in [-0.05, 0) is 19.8 Å². The number of carbonyl (C=O) groups excluding carboxylic acids is 1. The van der Waals surface area contributed by atoms with Crippen LogP contribution in [0.4, 0.5) is 6.01 Å². The Kier molecular flexibility index (Phi) is 3.58. The van der Waals surface area contributed by atoms with Gasteiger partial charge < -0.3 is 20.4 Å². The SMILES string of the molecule is CC(N)c1nnc(NCC(=O)N2CCCC2)o1. The number of anilines is 1. The Morgan fingerprint density at radius 1 is 1.53 bits per heavy atom. The fraction of sp³-hybridized carbons (Fsp3) is 0.700. The van der Waals surface area contributed by atoms with Crippen molar-refractivity contribution in [3.05, 3.63) is 5.89 Å². The monoisotopic (exact) mass is 239 g/mol. The van der Waals surface area contributed by atoms with Crippen LogP contribution in [-0.4, -0.2) is 40.6 Å². The Morgan fingerprint density at radius 3 is 2.82 bits per heavy atom. The first-order valence-electron chi connectivity index (χ1n) is 5.77. The minimum absolute atomic E-state index is 0.0584. The van der Waals surface area contributed by atoms with Gasteiger partial charge in [0, 0.05) is 13.1 Å². The molecule has 17 heavy (non-hydrogen) atoms. The van der Waals surface area contributed by atoms with Gasteiger partial charge in [0.2, 0.25) is 11.8 Å². The molecule has 1 aliphatic heterocycles. The second-order valence-corrected chi connectivity index (χ2v) is 4.18. The second kappa shape index (κ2) is 5.13. The van der Waals surface area contributed by atoms with Crippen LogP contribution in [0.25, 0.3) is 0 Å². The number of nitrogens with zero attached hydrogens (tertiary/aromatic N) is 3. The summed E-state index contributed by atoms with van der Waals surface area (Å²) in [7, 11) is 0. The van der Waals surface area contributed by atoms with E-state index in [-0.39, 0.29) is 24.5 Å². The maximum absolute atomic E-state index is 11.7. The first-order valence-corrected chi connectivity index (χ1v) is 5.77. The van der Waals surface area contributed by atoms with E-state index in [1.807, 2.05) is 4.90 Å². The molecular formula is C10H17N5O2. The number of nitrogens with two attached hydrogens (primary N) is 1. The van der Waals surface area contributed by atoms with E-state index < -0.39 is 0 Å². The number of carbonyl (C=O) groups is 1. The summed E-state index contributed by atoms with van der Waals surface area (Å²) in [5.74, 6) is 0.421. The van der Waals surface area contributed by atoms with Crippen LogP contribution in [0.2, 0.25) is 0 Å². The van der Waals surface area contributed by atoms with E-state index in [4.69, 9.17) is 10.2 Å². The molecule has 1 aliphatic rings. The molecule has 1 unspecified atom stereocenters. The van der Waals surface area contributed by atoms with Crippen LogP contribution in [0, 0.1) is 0 Å². The Balaban J connectivity index is 1.82. The van der Waals surface area contributed by atoms with Gasteiger partial charge >= 0.3 is 6.01 Å². The van der Waals surface area contributed by atoms with Gasteiger partial charge in [0.25, 0.3) is 0 Å². The van der Waals surface area contributed by atoms with Crippen LogP contribution < -0.4 is 11.1 Å². The third-order valence-corrected chi connectivity index (χ3v) is 2.68. The maximum atomic E-state index is 11.7. The summed E-state index contributed by atoms with van der Waals surface area (Å²) in [5, 5.41) is 10.3. The van der Waals surface area contributed by atoms with E-state index in [0.717, 1.165) is 25.9 Å². The average molecular weight is 239 g/mol. The molecular weight excluding hydrogens is 222 g/mol. The van der Waals surface area contributed by atoms with Crippen LogP contribution in [0.3, 0.4) is 0 Å². The minimum atomic E-state index is -0.299. The Labute approximate surface area is 99.4 Å². The molecule has 1 atom stereocenters. The largest absolute Gasteiger partial charge is 0.406 e. The number of hydrogen-bond acceptors (Lipinski definition) is 6. The molecule has 0 radical (unpaired) electrons. The maximum Gasteiger partial charge on any atom is 0.315 e. The number of nitrogens with one attached hydrogen (secondary N) is 1. The molecule has 1 saturated heterocycles. The van der Waals surface area contributed by atoms with Crippen molar-refractivity contribution in [3.8, 4) is 0 Å². The molecule has 0 spiro atoms. The molecule has 94 valence electrons. The molecule has 1 fully saturated rings. The first-order chi connectivity index (χ1) is 8.16. The van der Waals surface area contributed by atoms with E-state index in [1.54, 1.807) is 6.92 Å². The fourth-order valence-electron chi connectivity index (χ4n) is 1.72. The zero-order valence-corrected chi connectivity index (χ0v) is 9.85. The van der Waals surface area contributed by atoms with Crippen LogP contribution in [-0.2, 0) is 4.79 Å². The van der Waals surface area contributed by atoms with E-state index in [0.29, 0.717) is 5.89 Å². The lowest BCUT2D eigenvalue weighted by Gasteiger charge is -2.14.